The summed E-state index contributed by atoms with van der Waals surface area (Å²) in [5.74, 6) is -1.65. The first-order chi connectivity index (χ1) is 8.49. The Labute approximate surface area is 104 Å². The topological polar surface area (TPSA) is 104 Å². The molecule has 7 heteroatoms. The van der Waals surface area contributed by atoms with Gasteiger partial charge in [0.25, 0.3) is 5.91 Å². The van der Waals surface area contributed by atoms with Gasteiger partial charge in [0.05, 0.1) is 11.3 Å². The quantitative estimate of drug-likeness (QED) is 0.638. The number of amides is 1. The predicted molar refractivity (Wildman–Crippen MR) is 63.2 cm³/mol. The van der Waals surface area contributed by atoms with Crippen LogP contribution in [0.3, 0.4) is 0 Å². The van der Waals surface area contributed by atoms with Crippen molar-refractivity contribution in [3.63, 3.8) is 0 Å². The molecule has 1 amide bonds. The Kier molecular flexibility index (Phi) is 4.85. The lowest BCUT2D eigenvalue weighted by atomic mass is 10.1. The number of carboxylic acid groups (broad SMARTS) is 1. The molecule has 1 unspecified atom stereocenters. The molecule has 0 saturated heterocycles. The van der Waals surface area contributed by atoms with Gasteiger partial charge < -0.3 is 15.5 Å². The summed E-state index contributed by atoms with van der Waals surface area (Å²) in [6.45, 7) is 1.56. The Balaban J connectivity index is 2.83. The molecule has 0 aliphatic rings. The van der Waals surface area contributed by atoms with E-state index in [0.717, 1.165) is 0 Å². The molecule has 0 aromatic carbocycles. The lowest BCUT2D eigenvalue weighted by Gasteiger charge is -2.12. The van der Waals surface area contributed by atoms with Crippen LogP contribution in [-0.2, 0) is 18.3 Å². The number of rotatable bonds is 6. The van der Waals surface area contributed by atoms with Crippen LogP contribution in [0.2, 0.25) is 0 Å². The summed E-state index contributed by atoms with van der Waals surface area (Å²) in [5.41, 5.74) is 0.979. The van der Waals surface area contributed by atoms with Gasteiger partial charge in [-0.3, -0.25) is 9.48 Å². The number of aliphatic hydroxyl groups is 1. The maximum atomic E-state index is 11.9. The van der Waals surface area contributed by atoms with Gasteiger partial charge in [0.1, 0.15) is 6.04 Å². The van der Waals surface area contributed by atoms with Crippen LogP contribution in [0.15, 0.2) is 6.20 Å². The van der Waals surface area contributed by atoms with Gasteiger partial charge in [-0.1, -0.05) is 6.92 Å². The van der Waals surface area contributed by atoms with Crippen molar-refractivity contribution in [1.29, 1.82) is 0 Å². The van der Waals surface area contributed by atoms with E-state index in [1.807, 2.05) is 6.92 Å². The normalized spacial score (nSPS) is 12.2. The highest BCUT2D eigenvalue weighted by Crippen LogP contribution is 2.07. The van der Waals surface area contributed by atoms with E-state index >= 15 is 0 Å². The van der Waals surface area contributed by atoms with Gasteiger partial charge in [0, 0.05) is 26.3 Å². The fraction of sp³-hybridized carbons (Fsp3) is 0.545. The van der Waals surface area contributed by atoms with Crippen LogP contribution in [-0.4, -0.2) is 44.5 Å². The number of aromatic nitrogens is 2. The van der Waals surface area contributed by atoms with Crippen molar-refractivity contribution in [2.24, 2.45) is 7.05 Å². The third-order valence-corrected chi connectivity index (χ3v) is 2.51. The van der Waals surface area contributed by atoms with Crippen LogP contribution in [0, 0.1) is 0 Å². The number of nitrogens with zero attached hydrogens (tertiary/aromatic N) is 2. The average molecular weight is 255 g/mol. The fourth-order valence-corrected chi connectivity index (χ4v) is 1.61. The summed E-state index contributed by atoms with van der Waals surface area (Å²) in [5, 5.41) is 24.1. The van der Waals surface area contributed by atoms with E-state index in [1.165, 1.54) is 4.68 Å². The molecular weight excluding hydrogens is 238 g/mol. The summed E-state index contributed by atoms with van der Waals surface area (Å²) in [6, 6.07) is -1.09. The lowest BCUT2D eigenvalue weighted by molar-refractivity contribution is -0.139. The molecule has 1 aromatic rings. The fourth-order valence-electron chi connectivity index (χ4n) is 1.61. The second-order valence-electron chi connectivity index (χ2n) is 3.89. The highest BCUT2D eigenvalue weighted by atomic mass is 16.4. The van der Waals surface area contributed by atoms with Crippen LogP contribution in [0.25, 0.3) is 0 Å². The number of hydrogen-bond donors (Lipinski definition) is 3. The van der Waals surface area contributed by atoms with Crippen molar-refractivity contribution in [3.05, 3.63) is 17.5 Å². The van der Waals surface area contributed by atoms with Crippen molar-refractivity contribution in [1.82, 2.24) is 15.1 Å². The Hall–Kier alpha value is -1.89. The molecule has 1 atom stereocenters. The summed E-state index contributed by atoms with van der Waals surface area (Å²) in [4.78, 5) is 22.8. The summed E-state index contributed by atoms with van der Waals surface area (Å²) >= 11 is 0. The second kappa shape index (κ2) is 6.15. The summed E-state index contributed by atoms with van der Waals surface area (Å²) in [6.07, 6.45) is 2.11. The Morgan fingerprint density at radius 2 is 2.22 bits per heavy atom. The van der Waals surface area contributed by atoms with Crippen LogP contribution in [0.1, 0.15) is 29.4 Å². The third kappa shape index (κ3) is 3.30. The lowest BCUT2D eigenvalue weighted by Crippen LogP contribution is -2.41. The molecule has 3 N–H and O–H groups in total. The van der Waals surface area contributed by atoms with Gasteiger partial charge in [-0.15, -0.1) is 0 Å². The minimum Gasteiger partial charge on any atom is -0.480 e. The highest BCUT2D eigenvalue weighted by Gasteiger charge is 2.22. The largest absolute Gasteiger partial charge is 0.480 e. The van der Waals surface area contributed by atoms with Gasteiger partial charge >= 0.3 is 5.97 Å². The smallest absolute Gasteiger partial charge is 0.326 e. The maximum Gasteiger partial charge on any atom is 0.326 e. The van der Waals surface area contributed by atoms with Gasteiger partial charge in [-0.05, 0) is 6.42 Å². The average Bonchev–Trinajstić information content (AvgIpc) is 2.69. The Bertz CT molecular complexity index is 441. The Morgan fingerprint density at radius 3 is 2.72 bits per heavy atom. The molecule has 18 heavy (non-hydrogen) atoms. The number of carbonyl (C=O) groups excluding carboxylic acids is 1. The SMILES string of the molecule is CCc1nn(C)cc1C(=O)NC(CCO)C(=O)O. The number of aryl methyl sites for hydroxylation is 2. The first kappa shape index (κ1) is 14.2. The number of carbonyl (C=O) groups is 2. The van der Waals surface area contributed by atoms with Gasteiger partial charge in [0.15, 0.2) is 0 Å². The molecule has 1 heterocycles. The minimum atomic E-state index is -1.17. The van der Waals surface area contributed by atoms with Crippen molar-refractivity contribution in [2.45, 2.75) is 25.8 Å². The Morgan fingerprint density at radius 1 is 1.56 bits per heavy atom. The number of nitrogens with one attached hydrogen (secondary N) is 1. The molecule has 100 valence electrons. The van der Waals surface area contributed by atoms with Crippen LogP contribution < -0.4 is 5.32 Å². The van der Waals surface area contributed by atoms with Gasteiger partial charge in [-0.2, -0.15) is 5.10 Å². The molecule has 0 aliphatic carbocycles. The van der Waals surface area contributed by atoms with Crippen molar-refractivity contribution >= 4 is 11.9 Å². The molecule has 0 bridgehead atoms. The molecular formula is C11H17N3O4. The van der Waals surface area contributed by atoms with Crippen LogP contribution in [0.5, 0.6) is 0 Å². The molecule has 0 radical (unpaired) electrons. The van der Waals surface area contributed by atoms with E-state index in [2.05, 4.69) is 10.4 Å². The zero-order valence-electron chi connectivity index (χ0n) is 10.4. The molecule has 1 rings (SSSR count). The van der Waals surface area contributed by atoms with Crippen LogP contribution in [0.4, 0.5) is 0 Å². The van der Waals surface area contributed by atoms with Crippen molar-refractivity contribution < 1.29 is 19.8 Å². The number of hydrogen-bond acceptors (Lipinski definition) is 4. The van der Waals surface area contributed by atoms with Gasteiger partial charge in [0.2, 0.25) is 0 Å². The molecule has 7 nitrogen and oxygen atoms in total. The number of carboxylic acids is 1. The van der Waals surface area contributed by atoms with E-state index in [9.17, 15) is 9.59 Å². The standard InChI is InChI=1S/C11H17N3O4/c1-3-8-7(6-14(2)13-8)10(16)12-9(4-5-15)11(17)18/h6,9,15H,3-5H2,1-2H3,(H,12,16)(H,17,18). The van der Waals surface area contributed by atoms with Gasteiger partial charge in [-0.25, -0.2) is 4.79 Å². The monoisotopic (exact) mass is 255 g/mol. The molecule has 1 aromatic heterocycles. The summed E-state index contributed by atoms with van der Waals surface area (Å²) < 4.78 is 1.51. The summed E-state index contributed by atoms with van der Waals surface area (Å²) in [7, 11) is 1.69. The predicted octanol–water partition coefficient (Wildman–Crippen LogP) is -0.452. The molecule has 0 aliphatic heterocycles. The van der Waals surface area contributed by atoms with Crippen molar-refractivity contribution in [3.8, 4) is 0 Å². The van der Waals surface area contributed by atoms with Crippen LogP contribution >= 0.6 is 0 Å². The molecule has 0 spiro atoms. The zero-order valence-corrected chi connectivity index (χ0v) is 10.4. The second-order valence-corrected chi connectivity index (χ2v) is 3.89. The van der Waals surface area contributed by atoms with E-state index in [-0.39, 0.29) is 13.0 Å². The van der Waals surface area contributed by atoms with E-state index in [1.54, 1.807) is 13.2 Å². The van der Waals surface area contributed by atoms with E-state index < -0.39 is 17.9 Å². The molecule has 0 saturated carbocycles. The minimum absolute atomic E-state index is 0.0250. The van der Waals surface area contributed by atoms with E-state index in [4.69, 9.17) is 10.2 Å². The van der Waals surface area contributed by atoms with E-state index in [0.29, 0.717) is 17.7 Å². The first-order valence-electron chi connectivity index (χ1n) is 5.66. The van der Waals surface area contributed by atoms with Crippen molar-refractivity contribution in [2.75, 3.05) is 6.61 Å². The highest BCUT2D eigenvalue weighted by molar-refractivity contribution is 5.97. The zero-order chi connectivity index (χ0) is 13.7. The molecule has 0 fully saturated rings. The first-order valence-corrected chi connectivity index (χ1v) is 5.66. The number of aliphatic hydroxyl groups excluding tert-OH is 1. The maximum absolute atomic E-state index is 11.9. The third-order valence-electron chi connectivity index (χ3n) is 2.51. The number of aliphatic carboxylic acids is 1.